The van der Waals surface area contributed by atoms with Gasteiger partial charge in [0.2, 0.25) is 0 Å². The highest BCUT2D eigenvalue weighted by Gasteiger charge is 2.19. The Kier molecular flexibility index (Phi) is 2.14. The summed E-state index contributed by atoms with van der Waals surface area (Å²) < 4.78 is 5.49. The summed E-state index contributed by atoms with van der Waals surface area (Å²) in [6.45, 7) is 1.98. The lowest BCUT2D eigenvalue weighted by atomic mass is 10.1. The average Bonchev–Trinajstić information content (AvgIpc) is 2.88. The van der Waals surface area contributed by atoms with Gasteiger partial charge in [-0.05, 0) is 23.3 Å². The van der Waals surface area contributed by atoms with Crippen molar-refractivity contribution >= 4 is 11.8 Å². The number of rotatable bonds is 1. The van der Waals surface area contributed by atoms with Crippen LogP contribution in [-0.4, -0.2) is 18.9 Å². The molecular formula is C11H13NOS. The number of nitrogens with one attached hydrogen (secondary N) is 1. The zero-order chi connectivity index (χ0) is 9.38. The lowest BCUT2D eigenvalue weighted by molar-refractivity contribution is 0.357. The van der Waals surface area contributed by atoms with E-state index >= 15 is 0 Å². The minimum Gasteiger partial charge on any atom is -0.493 e. The number of thioether (sulfide) groups is 1. The first-order valence-corrected chi connectivity index (χ1v) is 6.09. The van der Waals surface area contributed by atoms with Crippen LogP contribution in [0.3, 0.4) is 0 Å². The Hall–Kier alpha value is -0.670. The molecule has 1 fully saturated rings. The second-order valence-electron chi connectivity index (χ2n) is 3.67. The maximum Gasteiger partial charge on any atom is 0.122 e. The van der Waals surface area contributed by atoms with Gasteiger partial charge in [-0.2, -0.15) is 0 Å². The van der Waals surface area contributed by atoms with E-state index in [-0.39, 0.29) is 0 Å². The van der Waals surface area contributed by atoms with Crippen LogP contribution in [0.25, 0.3) is 0 Å². The second-order valence-corrected chi connectivity index (χ2v) is 4.88. The molecule has 14 heavy (non-hydrogen) atoms. The molecule has 2 heterocycles. The van der Waals surface area contributed by atoms with Crippen molar-refractivity contribution < 1.29 is 4.74 Å². The monoisotopic (exact) mass is 207 g/mol. The summed E-state index contributed by atoms with van der Waals surface area (Å²) in [4.78, 5) is 0. The zero-order valence-electron chi connectivity index (χ0n) is 7.95. The van der Waals surface area contributed by atoms with Gasteiger partial charge in [-0.25, -0.2) is 0 Å². The number of hydrogen-bond acceptors (Lipinski definition) is 3. The fourth-order valence-corrected chi connectivity index (χ4v) is 3.06. The fourth-order valence-electron chi connectivity index (χ4n) is 2.01. The third-order valence-electron chi connectivity index (χ3n) is 2.73. The van der Waals surface area contributed by atoms with Gasteiger partial charge < -0.3 is 10.1 Å². The second kappa shape index (κ2) is 3.48. The molecule has 2 aliphatic heterocycles. The third-order valence-corrected chi connectivity index (χ3v) is 3.94. The van der Waals surface area contributed by atoms with Crippen LogP contribution < -0.4 is 10.1 Å². The maximum absolute atomic E-state index is 5.49. The van der Waals surface area contributed by atoms with Crippen molar-refractivity contribution in [2.45, 2.75) is 11.8 Å². The van der Waals surface area contributed by atoms with Crippen LogP contribution in [0.4, 0.5) is 0 Å². The van der Waals surface area contributed by atoms with Crippen molar-refractivity contribution in [3.63, 3.8) is 0 Å². The van der Waals surface area contributed by atoms with Crippen LogP contribution in [0.5, 0.6) is 5.75 Å². The highest BCUT2D eigenvalue weighted by Crippen LogP contribution is 2.34. The summed E-state index contributed by atoms with van der Waals surface area (Å²) in [5.41, 5.74) is 2.77. The fraction of sp³-hybridized carbons (Fsp3) is 0.455. The van der Waals surface area contributed by atoms with Crippen LogP contribution in [-0.2, 0) is 6.42 Å². The van der Waals surface area contributed by atoms with Gasteiger partial charge in [-0.1, -0.05) is 6.07 Å². The van der Waals surface area contributed by atoms with E-state index < -0.39 is 0 Å². The van der Waals surface area contributed by atoms with Crippen molar-refractivity contribution in [1.82, 2.24) is 5.32 Å². The molecule has 0 unspecified atom stereocenters. The van der Waals surface area contributed by atoms with Gasteiger partial charge in [0, 0.05) is 18.7 Å². The van der Waals surface area contributed by atoms with Gasteiger partial charge in [0.05, 0.1) is 12.0 Å². The number of fused-ring (bicyclic) bond motifs is 1. The topological polar surface area (TPSA) is 21.3 Å². The summed E-state index contributed by atoms with van der Waals surface area (Å²) in [6.07, 6.45) is 1.07. The quantitative estimate of drug-likeness (QED) is 0.760. The summed E-state index contributed by atoms with van der Waals surface area (Å²) >= 11 is 1.99. The molecule has 2 aliphatic rings. The van der Waals surface area contributed by atoms with E-state index in [0.717, 1.165) is 25.3 Å². The molecule has 0 bridgehead atoms. The molecule has 1 aromatic rings. The van der Waals surface area contributed by atoms with Gasteiger partial charge in [0.25, 0.3) is 0 Å². The predicted molar refractivity (Wildman–Crippen MR) is 58.8 cm³/mol. The minimum atomic E-state index is 0.501. The lowest BCUT2D eigenvalue weighted by Gasteiger charge is -2.10. The molecule has 2 nitrogen and oxygen atoms in total. The predicted octanol–water partition coefficient (Wildman–Crippen LogP) is 1.96. The molecule has 1 atom stereocenters. The van der Waals surface area contributed by atoms with Crippen LogP contribution >= 0.6 is 11.8 Å². The molecule has 0 aromatic heterocycles. The molecule has 0 spiro atoms. The Morgan fingerprint density at radius 1 is 1.43 bits per heavy atom. The summed E-state index contributed by atoms with van der Waals surface area (Å²) in [6, 6.07) is 6.58. The van der Waals surface area contributed by atoms with Crippen LogP contribution in [0.1, 0.15) is 16.5 Å². The third kappa shape index (κ3) is 1.41. The lowest BCUT2D eigenvalue weighted by Crippen LogP contribution is -2.11. The van der Waals surface area contributed by atoms with E-state index in [1.54, 1.807) is 0 Å². The van der Waals surface area contributed by atoms with E-state index in [2.05, 4.69) is 23.5 Å². The number of hydrogen-bond donors (Lipinski definition) is 1. The minimum absolute atomic E-state index is 0.501. The summed E-state index contributed by atoms with van der Waals surface area (Å²) in [5.74, 6) is 2.30. The van der Waals surface area contributed by atoms with Crippen LogP contribution in [0.15, 0.2) is 18.2 Å². The smallest absolute Gasteiger partial charge is 0.122 e. The van der Waals surface area contributed by atoms with Crippen LogP contribution in [0.2, 0.25) is 0 Å². The molecule has 74 valence electrons. The first-order valence-electron chi connectivity index (χ1n) is 5.04. The van der Waals surface area contributed by atoms with Gasteiger partial charge in [0.1, 0.15) is 5.75 Å². The maximum atomic E-state index is 5.49. The zero-order valence-corrected chi connectivity index (χ0v) is 8.77. The summed E-state index contributed by atoms with van der Waals surface area (Å²) in [7, 11) is 0. The summed E-state index contributed by atoms with van der Waals surface area (Å²) in [5, 5.41) is 3.99. The van der Waals surface area contributed by atoms with Gasteiger partial charge in [-0.3, -0.25) is 0 Å². The van der Waals surface area contributed by atoms with Gasteiger partial charge in [0.15, 0.2) is 0 Å². The Labute approximate surface area is 88.0 Å². The highest BCUT2D eigenvalue weighted by atomic mass is 32.2. The Bertz CT molecular complexity index is 347. The van der Waals surface area contributed by atoms with Crippen LogP contribution in [0, 0.1) is 0 Å². The molecule has 1 saturated heterocycles. The molecular weight excluding hydrogens is 194 g/mol. The highest BCUT2D eigenvalue weighted by molar-refractivity contribution is 7.99. The van der Waals surface area contributed by atoms with E-state index in [1.165, 1.54) is 16.9 Å². The van der Waals surface area contributed by atoms with Crippen molar-refractivity contribution in [3.05, 3.63) is 29.3 Å². The largest absolute Gasteiger partial charge is 0.493 e. The van der Waals surface area contributed by atoms with Crippen molar-refractivity contribution in [2.24, 2.45) is 0 Å². The number of ether oxygens (including phenoxy) is 1. The standard InChI is InChI=1S/C11H13NOS/c1-2-10-8(3-5-13-10)7-9(1)11-12-4-6-14-11/h1-2,7,11-12H,3-6H2/t11-/m0/s1. The van der Waals surface area contributed by atoms with E-state index in [0.29, 0.717) is 5.37 Å². The molecule has 1 aromatic carbocycles. The molecule has 3 heteroatoms. The van der Waals surface area contributed by atoms with Crippen molar-refractivity contribution in [1.29, 1.82) is 0 Å². The van der Waals surface area contributed by atoms with E-state index in [1.807, 2.05) is 11.8 Å². The molecule has 1 N–H and O–H groups in total. The number of benzene rings is 1. The Balaban J connectivity index is 1.91. The van der Waals surface area contributed by atoms with E-state index in [9.17, 15) is 0 Å². The molecule has 0 amide bonds. The van der Waals surface area contributed by atoms with Crippen molar-refractivity contribution in [2.75, 3.05) is 18.9 Å². The first kappa shape index (κ1) is 8.62. The normalized spacial score (nSPS) is 24.7. The van der Waals surface area contributed by atoms with Gasteiger partial charge >= 0.3 is 0 Å². The molecule has 0 saturated carbocycles. The van der Waals surface area contributed by atoms with Crippen molar-refractivity contribution in [3.8, 4) is 5.75 Å². The Morgan fingerprint density at radius 2 is 2.43 bits per heavy atom. The average molecular weight is 207 g/mol. The Morgan fingerprint density at radius 3 is 3.29 bits per heavy atom. The van der Waals surface area contributed by atoms with E-state index in [4.69, 9.17) is 4.74 Å². The van der Waals surface area contributed by atoms with Gasteiger partial charge in [-0.15, -0.1) is 11.8 Å². The molecule has 3 rings (SSSR count). The molecule has 0 aliphatic carbocycles. The SMILES string of the molecule is c1cc2c(cc1[C@H]1NCCS1)CCO2. The first-order chi connectivity index (χ1) is 6.93. The molecule has 0 radical (unpaired) electrons.